The first-order valence-electron chi connectivity index (χ1n) is 5.71. The zero-order valence-corrected chi connectivity index (χ0v) is 10.1. The highest BCUT2D eigenvalue weighted by Gasteiger charge is 2.16. The number of anilines is 2. The summed E-state index contributed by atoms with van der Waals surface area (Å²) in [6.45, 7) is 2.78. The number of nitrogen functional groups attached to an aromatic ring is 1. The molecular formula is C12H14N6. The Morgan fingerprint density at radius 2 is 2.33 bits per heavy atom. The quantitative estimate of drug-likeness (QED) is 0.848. The molecule has 0 fully saturated rings. The summed E-state index contributed by atoms with van der Waals surface area (Å²) in [5, 5.41) is 16.5. The second kappa shape index (κ2) is 5.19. The van der Waals surface area contributed by atoms with Crippen LogP contribution in [0.15, 0.2) is 24.4 Å². The zero-order valence-electron chi connectivity index (χ0n) is 10.1. The topological polar surface area (TPSA) is 92.6 Å². The van der Waals surface area contributed by atoms with E-state index in [1.54, 1.807) is 12.3 Å². The molecule has 2 rings (SSSR count). The van der Waals surface area contributed by atoms with E-state index in [1.807, 2.05) is 19.1 Å². The van der Waals surface area contributed by atoms with Crippen LogP contribution in [0.2, 0.25) is 0 Å². The first kappa shape index (κ1) is 11.9. The van der Waals surface area contributed by atoms with Gasteiger partial charge in [-0.3, -0.25) is 0 Å². The predicted octanol–water partition coefficient (Wildman–Crippen LogP) is 1.54. The van der Waals surface area contributed by atoms with E-state index in [-0.39, 0.29) is 0 Å². The van der Waals surface area contributed by atoms with Gasteiger partial charge in [0.2, 0.25) is 0 Å². The third kappa shape index (κ3) is 2.11. The van der Waals surface area contributed by atoms with Crippen molar-refractivity contribution in [2.75, 3.05) is 17.6 Å². The number of nitrogens with zero attached hydrogens (tertiary/aromatic N) is 4. The molecule has 92 valence electrons. The standard InChI is InChI=1S/C12H14N6/c1-2-6-16-12-9(8-13)11(14)18(17-12)10-5-3-4-7-15-10/h3-5,7H,2,6,14H2,1H3,(H,16,17). The van der Waals surface area contributed by atoms with Crippen molar-refractivity contribution in [2.45, 2.75) is 13.3 Å². The van der Waals surface area contributed by atoms with Crippen LogP contribution in [0.5, 0.6) is 0 Å². The van der Waals surface area contributed by atoms with E-state index in [0.717, 1.165) is 13.0 Å². The van der Waals surface area contributed by atoms with E-state index in [1.165, 1.54) is 4.68 Å². The number of nitriles is 1. The van der Waals surface area contributed by atoms with Gasteiger partial charge >= 0.3 is 0 Å². The van der Waals surface area contributed by atoms with Crippen LogP contribution >= 0.6 is 0 Å². The molecule has 0 bridgehead atoms. The molecule has 18 heavy (non-hydrogen) atoms. The molecule has 0 aliphatic rings. The van der Waals surface area contributed by atoms with Crippen LogP contribution < -0.4 is 11.1 Å². The number of hydrogen-bond acceptors (Lipinski definition) is 5. The van der Waals surface area contributed by atoms with Crippen molar-refractivity contribution in [3.63, 3.8) is 0 Å². The SMILES string of the molecule is CCCNc1nn(-c2ccccn2)c(N)c1C#N. The fourth-order valence-electron chi connectivity index (χ4n) is 1.56. The second-order valence-corrected chi connectivity index (χ2v) is 3.75. The Bertz CT molecular complexity index is 566. The Hall–Kier alpha value is -2.55. The summed E-state index contributed by atoms with van der Waals surface area (Å²) < 4.78 is 1.47. The number of pyridine rings is 1. The lowest BCUT2D eigenvalue weighted by Gasteiger charge is -2.01. The van der Waals surface area contributed by atoms with E-state index in [4.69, 9.17) is 11.0 Å². The van der Waals surface area contributed by atoms with Crippen LogP contribution in [0.25, 0.3) is 5.82 Å². The van der Waals surface area contributed by atoms with Gasteiger partial charge < -0.3 is 11.1 Å². The molecule has 0 spiro atoms. The lowest BCUT2D eigenvalue weighted by molar-refractivity contribution is 0.851. The van der Waals surface area contributed by atoms with Gasteiger partial charge in [0.15, 0.2) is 11.6 Å². The molecule has 0 atom stereocenters. The largest absolute Gasteiger partial charge is 0.382 e. The molecular weight excluding hydrogens is 228 g/mol. The monoisotopic (exact) mass is 242 g/mol. The van der Waals surface area contributed by atoms with Crippen molar-refractivity contribution in [1.29, 1.82) is 5.26 Å². The van der Waals surface area contributed by atoms with Crippen LogP contribution in [0.3, 0.4) is 0 Å². The van der Waals surface area contributed by atoms with E-state index >= 15 is 0 Å². The average molecular weight is 242 g/mol. The number of hydrogen-bond donors (Lipinski definition) is 2. The summed E-state index contributed by atoms with van der Waals surface area (Å²) in [5.41, 5.74) is 6.27. The lowest BCUT2D eigenvalue weighted by atomic mass is 10.3. The van der Waals surface area contributed by atoms with Gasteiger partial charge in [0.1, 0.15) is 17.5 Å². The Morgan fingerprint density at radius 3 is 2.94 bits per heavy atom. The minimum absolute atomic E-state index is 0.301. The lowest BCUT2D eigenvalue weighted by Crippen LogP contribution is -2.04. The normalized spacial score (nSPS) is 10.0. The van der Waals surface area contributed by atoms with E-state index in [0.29, 0.717) is 23.0 Å². The Labute approximate surface area is 105 Å². The maximum Gasteiger partial charge on any atom is 0.168 e. The highest BCUT2D eigenvalue weighted by Crippen LogP contribution is 2.22. The summed E-state index contributed by atoms with van der Waals surface area (Å²) in [5.74, 6) is 1.40. The first-order valence-corrected chi connectivity index (χ1v) is 5.71. The molecule has 6 nitrogen and oxygen atoms in total. The van der Waals surface area contributed by atoms with Crippen molar-refractivity contribution >= 4 is 11.6 Å². The number of aromatic nitrogens is 3. The fraction of sp³-hybridized carbons (Fsp3) is 0.250. The van der Waals surface area contributed by atoms with Gasteiger partial charge in [-0.2, -0.15) is 9.94 Å². The molecule has 2 aromatic rings. The molecule has 0 aliphatic heterocycles. The van der Waals surface area contributed by atoms with Crippen molar-refractivity contribution in [3.8, 4) is 11.9 Å². The summed E-state index contributed by atoms with van der Waals surface area (Å²) in [6.07, 6.45) is 2.60. The summed E-state index contributed by atoms with van der Waals surface area (Å²) in [4.78, 5) is 4.16. The molecule has 0 saturated carbocycles. The maximum absolute atomic E-state index is 9.12. The highest BCUT2D eigenvalue weighted by atomic mass is 15.4. The van der Waals surface area contributed by atoms with Crippen LogP contribution in [0, 0.1) is 11.3 Å². The van der Waals surface area contributed by atoms with Gasteiger partial charge in [-0.1, -0.05) is 13.0 Å². The number of nitrogens with one attached hydrogen (secondary N) is 1. The van der Waals surface area contributed by atoms with Crippen molar-refractivity contribution in [2.24, 2.45) is 0 Å². The molecule has 2 aromatic heterocycles. The molecule has 3 N–H and O–H groups in total. The third-order valence-corrected chi connectivity index (χ3v) is 2.44. The minimum atomic E-state index is 0.301. The molecule has 0 saturated heterocycles. The fourth-order valence-corrected chi connectivity index (χ4v) is 1.56. The second-order valence-electron chi connectivity index (χ2n) is 3.75. The molecule has 6 heteroatoms. The third-order valence-electron chi connectivity index (χ3n) is 2.44. The molecule has 0 aromatic carbocycles. The van der Waals surface area contributed by atoms with E-state index in [2.05, 4.69) is 21.5 Å². The number of rotatable bonds is 4. The van der Waals surface area contributed by atoms with Crippen LogP contribution in [-0.4, -0.2) is 21.3 Å². The Morgan fingerprint density at radius 1 is 1.50 bits per heavy atom. The summed E-state index contributed by atoms with van der Waals surface area (Å²) in [6, 6.07) is 7.50. The van der Waals surface area contributed by atoms with Crippen LogP contribution in [0.4, 0.5) is 11.6 Å². The van der Waals surface area contributed by atoms with Crippen molar-refractivity contribution in [3.05, 3.63) is 30.0 Å². The van der Waals surface area contributed by atoms with Crippen LogP contribution in [0.1, 0.15) is 18.9 Å². The van der Waals surface area contributed by atoms with Gasteiger partial charge in [0.05, 0.1) is 0 Å². The molecule has 0 amide bonds. The Balaban J connectivity index is 2.44. The van der Waals surface area contributed by atoms with Crippen LogP contribution in [-0.2, 0) is 0 Å². The Kier molecular flexibility index (Phi) is 3.44. The van der Waals surface area contributed by atoms with Gasteiger partial charge in [-0.25, -0.2) is 4.98 Å². The van der Waals surface area contributed by atoms with Gasteiger partial charge in [0.25, 0.3) is 0 Å². The van der Waals surface area contributed by atoms with E-state index < -0.39 is 0 Å². The minimum Gasteiger partial charge on any atom is -0.382 e. The molecule has 0 unspecified atom stereocenters. The molecule has 2 heterocycles. The predicted molar refractivity (Wildman–Crippen MR) is 69.3 cm³/mol. The van der Waals surface area contributed by atoms with Gasteiger partial charge in [-0.15, -0.1) is 5.10 Å². The summed E-state index contributed by atoms with van der Waals surface area (Å²) in [7, 11) is 0. The average Bonchev–Trinajstić information content (AvgIpc) is 2.73. The zero-order chi connectivity index (χ0) is 13.0. The van der Waals surface area contributed by atoms with Crippen molar-refractivity contribution < 1.29 is 0 Å². The van der Waals surface area contributed by atoms with Gasteiger partial charge in [0, 0.05) is 12.7 Å². The van der Waals surface area contributed by atoms with Crippen molar-refractivity contribution in [1.82, 2.24) is 14.8 Å². The molecule has 0 aliphatic carbocycles. The first-order chi connectivity index (χ1) is 8.77. The van der Waals surface area contributed by atoms with Gasteiger partial charge in [-0.05, 0) is 18.6 Å². The smallest absolute Gasteiger partial charge is 0.168 e. The van der Waals surface area contributed by atoms with E-state index in [9.17, 15) is 0 Å². The molecule has 0 radical (unpaired) electrons. The maximum atomic E-state index is 9.12. The summed E-state index contributed by atoms with van der Waals surface area (Å²) >= 11 is 0. The highest BCUT2D eigenvalue weighted by molar-refractivity contribution is 5.65. The number of nitrogens with two attached hydrogens (primary N) is 1.